The number of hydrogen-bond donors (Lipinski definition) is 1. The number of amides is 1. The molecule has 3 aromatic carbocycles. The minimum absolute atomic E-state index is 0.0838. The van der Waals surface area contributed by atoms with E-state index in [0.717, 1.165) is 16.9 Å². The van der Waals surface area contributed by atoms with E-state index < -0.39 is 0 Å². The number of halogens is 1. The lowest BCUT2D eigenvalue weighted by Gasteiger charge is -2.12. The van der Waals surface area contributed by atoms with Gasteiger partial charge >= 0.3 is 0 Å². The molecule has 6 nitrogen and oxygen atoms in total. The Kier molecular flexibility index (Phi) is 5.50. The maximum absolute atomic E-state index is 12.8. The van der Waals surface area contributed by atoms with Crippen molar-refractivity contribution in [3.8, 4) is 17.1 Å². The Morgan fingerprint density at radius 3 is 2.23 bits per heavy atom. The number of carbonyl (C=O) groups excluding carboxylic acids is 1. The van der Waals surface area contributed by atoms with Gasteiger partial charge in [0.2, 0.25) is 5.82 Å². The lowest BCUT2D eigenvalue weighted by atomic mass is 10.2. The van der Waals surface area contributed by atoms with Crippen molar-refractivity contribution in [2.45, 2.75) is 0 Å². The van der Waals surface area contributed by atoms with Gasteiger partial charge in [0, 0.05) is 36.1 Å². The summed E-state index contributed by atoms with van der Waals surface area (Å²) >= 11 is 6.02. The summed E-state index contributed by atoms with van der Waals surface area (Å²) in [7, 11) is 3.93. The second-order valence-electron chi connectivity index (χ2n) is 6.91. The molecule has 0 saturated heterocycles. The van der Waals surface area contributed by atoms with Crippen molar-refractivity contribution in [2.75, 3.05) is 24.3 Å². The highest BCUT2D eigenvalue weighted by molar-refractivity contribution is 6.30. The van der Waals surface area contributed by atoms with Gasteiger partial charge in [0.15, 0.2) is 5.82 Å². The van der Waals surface area contributed by atoms with Crippen LogP contribution in [0.1, 0.15) is 10.6 Å². The number of hydrogen-bond acceptors (Lipinski definition) is 4. The highest BCUT2D eigenvalue weighted by Gasteiger charge is 2.19. The Bertz CT molecular complexity index is 1150. The van der Waals surface area contributed by atoms with E-state index >= 15 is 0 Å². The smallest absolute Gasteiger partial charge is 0.295 e. The molecule has 0 bridgehead atoms. The number of nitrogens with zero attached hydrogens (tertiary/aromatic N) is 4. The Balaban J connectivity index is 1.68. The van der Waals surface area contributed by atoms with Crippen LogP contribution in [-0.2, 0) is 0 Å². The van der Waals surface area contributed by atoms with Crippen molar-refractivity contribution in [3.05, 3.63) is 89.7 Å². The molecule has 1 heterocycles. The van der Waals surface area contributed by atoms with Gasteiger partial charge in [-0.2, -0.15) is 0 Å². The SMILES string of the molecule is CN(C)c1ccc(NC(=O)c2nc(-c3ccccc3)n(-c3ccc(Cl)cc3)n2)cc1. The maximum atomic E-state index is 12.8. The molecule has 1 N–H and O–H groups in total. The second kappa shape index (κ2) is 8.39. The van der Waals surface area contributed by atoms with E-state index in [1.54, 1.807) is 16.8 Å². The standard InChI is InChI=1S/C23H20ClN5O/c1-28(2)19-14-10-18(11-15-19)25-23(30)21-26-22(16-6-4-3-5-7-16)29(27-21)20-12-8-17(24)9-13-20/h3-15H,1-2H3,(H,25,30). The van der Waals surface area contributed by atoms with Gasteiger partial charge in [0.25, 0.3) is 5.91 Å². The molecule has 0 saturated carbocycles. The highest BCUT2D eigenvalue weighted by atomic mass is 35.5. The number of rotatable bonds is 5. The van der Waals surface area contributed by atoms with Crippen molar-refractivity contribution >= 4 is 28.9 Å². The first-order valence-electron chi connectivity index (χ1n) is 9.38. The molecule has 0 spiro atoms. The zero-order valence-electron chi connectivity index (χ0n) is 16.6. The van der Waals surface area contributed by atoms with Gasteiger partial charge in [-0.05, 0) is 48.5 Å². The molecule has 4 aromatic rings. The van der Waals surface area contributed by atoms with Crippen molar-refractivity contribution in [1.82, 2.24) is 14.8 Å². The molecule has 0 aliphatic carbocycles. The normalized spacial score (nSPS) is 10.6. The topological polar surface area (TPSA) is 63.1 Å². The summed E-state index contributed by atoms with van der Waals surface area (Å²) in [6.45, 7) is 0. The Morgan fingerprint density at radius 2 is 1.60 bits per heavy atom. The summed E-state index contributed by atoms with van der Waals surface area (Å²) in [5.41, 5.74) is 3.34. The van der Waals surface area contributed by atoms with Crippen LogP contribution in [0.25, 0.3) is 17.1 Å². The summed E-state index contributed by atoms with van der Waals surface area (Å²) in [6.07, 6.45) is 0. The van der Waals surface area contributed by atoms with Crippen LogP contribution in [0.15, 0.2) is 78.9 Å². The van der Waals surface area contributed by atoms with Crippen LogP contribution in [0.4, 0.5) is 11.4 Å². The fourth-order valence-electron chi connectivity index (χ4n) is 2.97. The molecule has 0 radical (unpaired) electrons. The van der Waals surface area contributed by atoms with Gasteiger partial charge in [0.05, 0.1) is 5.69 Å². The molecule has 0 aliphatic heterocycles. The average Bonchev–Trinajstić information content (AvgIpc) is 3.21. The summed E-state index contributed by atoms with van der Waals surface area (Å²) in [4.78, 5) is 19.3. The predicted octanol–water partition coefficient (Wildman–Crippen LogP) is 4.91. The number of benzene rings is 3. The third-order valence-electron chi connectivity index (χ3n) is 4.55. The first-order chi connectivity index (χ1) is 14.5. The van der Waals surface area contributed by atoms with Gasteiger partial charge in [-0.1, -0.05) is 41.9 Å². The second-order valence-corrected chi connectivity index (χ2v) is 7.35. The summed E-state index contributed by atoms with van der Waals surface area (Å²) in [5, 5.41) is 7.95. The van der Waals surface area contributed by atoms with Crippen LogP contribution in [0.3, 0.4) is 0 Å². The molecule has 0 atom stereocenters. The number of anilines is 2. The molecule has 0 fully saturated rings. The Morgan fingerprint density at radius 1 is 0.933 bits per heavy atom. The van der Waals surface area contributed by atoms with E-state index in [1.807, 2.05) is 85.7 Å². The minimum atomic E-state index is -0.377. The van der Waals surface area contributed by atoms with Crippen molar-refractivity contribution in [2.24, 2.45) is 0 Å². The van der Waals surface area contributed by atoms with Crippen LogP contribution in [-0.4, -0.2) is 34.8 Å². The molecule has 0 unspecified atom stereocenters. The number of aromatic nitrogens is 3. The van der Waals surface area contributed by atoms with E-state index in [-0.39, 0.29) is 11.7 Å². The lowest BCUT2D eigenvalue weighted by molar-refractivity contribution is 0.101. The van der Waals surface area contributed by atoms with E-state index in [0.29, 0.717) is 16.5 Å². The Hall–Kier alpha value is -3.64. The first-order valence-corrected chi connectivity index (χ1v) is 9.76. The van der Waals surface area contributed by atoms with E-state index in [9.17, 15) is 4.79 Å². The van der Waals surface area contributed by atoms with Crippen LogP contribution < -0.4 is 10.2 Å². The molecule has 7 heteroatoms. The maximum Gasteiger partial charge on any atom is 0.295 e. The van der Waals surface area contributed by atoms with E-state index in [1.165, 1.54) is 0 Å². The van der Waals surface area contributed by atoms with E-state index in [2.05, 4.69) is 15.4 Å². The highest BCUT2D eigenvalue weighted by Crippen LogP contribution is 2.23. The van der Waals surface area contributed by atoms with Crippen molar-refractivity contribution < 1.29 is 4.79 Å². The van der Waals surface area contributed by atoms with Crippen LogP contribution in [0.2, 0.25) is 5.02 Å². The van der Waals surface area contributed by atoms with Gasteiger partial charge in [-0.15, -0.1) is 5.10 Å². The minimum Gasteiger partial charge on any atom is -0.378 e. The molecular weight excluding hydrogens is 398 g/mol. The van der Waals surface area contributed by atoms with Gasteiger partial charge in [0.1, 0.15) is 0 Å². The molecule has 30 heavy (non-hydrogen) atoms. The summed E-state index contributed by atoms with van der Waals surface area (Å²) in [6, 6.07) is 24.4. The predicted molar refractivity (Wildman–Crippen MR) is 121 cm³/mol. The van der Waals surface area contributed by atoms with Gasteiger partial charge in [-0.25, -0.2) is 9.67 Å². The summed E-state index contributed by atoms with van der Waals surface area (Å²) in [5.74, 6) is 0.281. The molecule has 1 amide bonds. The number of nitrogens with one attached hydrogen (secondary N) is 1. The van der Waals surface area contributed by atoms with Crippen LogP contribution in [0, 0.1) is 0 Å². The fraction of sp³-hybridized carbons (Fsp3) is 0.0870. The Labute approximate surface area is 179 Å². The lowest BCUT2D eigenvalue weighted by Crippen LogP contribution is -2.14. The zero-order chi connectivity index (χ0) is 21.1. The van der Waals surface area contributed by atoms with Gasteiger partial charge < -0.3 is 10.2 Å². The third-order valence-corrected chi connectivity index (χ3v) is 4.81. The van der Waals surface area contributed by atoms with Crippen molar-refractivity contribution in [1.29, 1.82) is 0 Å². The first kappa shape index (κ1) is 19.7. The molecule has 150 valence electrons. The number of carbonyl (C=O) groups is 1. The largest absolute Gasteiger partial charge is 0.378 e. The molecule has 0 aliphatic rings. The fourth-order valence-corrected chi connectivity index (χ4v) is 3.10. The van der Waals surface area contributed by atoms with Crippen LogP contribution in [0.5, 0.6) is 0 Å². The van der Waals surface area contributed by atoms with E-state index in [4.69, 9.17) is 11.6 Å². The quantitative estimate of drug-likeness (QED) is 0.501. The third kappa shape index (κ3) is 4.18. The van der Waals surface area contributed by atoms with Gasteiger partial charge in [-0.3, -0.25) is 4.79 Å². The molecular formula is C23H20ClN5O. The van der Waals surface area contributed by atoms with Crippen molar-refractivity contribution in [3.63, 3.8) is 0 Å². The average molecular weight is 418 g/mol. The zero-order valence-corrected chi connectivity index (χ0v) is 17.3. The summed E-state index contributed by atoms with van der Waals surface area (Å²) < 4.78 is 1.65. The van der Waals surface area contributed by atoms with Crippen LogP contribution >= 0.6 is 11.6 Å². The molecule has 1 aromatic heterocycles. The monoisotopic (exact) mass is 417 g/mol. The molecule has 4 rings (SSSR count).